The molecule has 0 radical (unpaired) electrons. The average Bonchev–Trinajstić information content (AvgIpc) is 2.61. The zero-order valence-corrected chi connectivity index (χ0v) is 14.6. The van der Waals surface area contributed by atoms with E-state index < -0.39 is 0 Å². The van der Waals surface area contributed by atoms with Crippen LogP contribution in [0.5, 0.6) is 5.75 Å². The summed E-state index contributed by atoms with van der Waals surface area (Å²) in [5, 5.41) is 2.45. The molecule has 2 heteroatoms. The maximum atomic E-state index is 6.40. The second-order valence-electron chi connectivity index (χ2n) is 6.57. The first-order valence-electron chi connectivity index (χ1n) is 8.50. The normalized spacial score (nSPS) is 13.8. The second kappa shape index (κ2) is 7.50. The summed E-state index contributed by atoms with van der Waals surface area (Å²) in [6, 6.07) is 25.6. The Morgan fingerprint density at radius 3 is 2.21 bits per heavy atom. The molecule has 3 aromatic carbocycles. The highest BCUT2D eigenvalue weighted by atomic mass is 16.5. The van der Waals surface area contributed by atoms with E-state index in [-0.39, 0.29) is 6.10 Å². The lowest BCUT2D eigenvalue weighted by molar-refractivity contribution is 0.152. The molecule has 0 aliphatic heterocycles. The Kier molecular flexibility index (Phi) is 5.17. The molecular formula is C22H25NO. The molecular weight excluding hydrogens is 294 g/mol. The Morgan fingerprint density at radius 2 is 1.50 bits per heavy atom. The van der Waals surface area contributed by atoms with Gasteiger partial charge in [0.2, 0.25) is 0 Å². The number of ether oxygens (including phenoxy) is 1. The number of fused-ring (bicyclic) bond motifs is 1. The molecule has 2 atom stereocenters. The van der Waals surface area contributed by atoms with Gasteiger partial charge in [0, 0.05) is 12.5 Å². The van der Waals surface area contributed by atoms with Crippen molar-refractivity contribution < 1.29 is 4.74 Å². The summed E-state index contributed by atoms with van der Waals surface area (Å²) in [6.07, 6.45) is 0.994. The highest BCUT2D eigenvalue weighted by Gasteiger charge is 2.18. The number of hydrogen-bond acceptors (Lipinski definition) is 2. The second-order valence-corrected chi connectivity index (χ2v) is 6.57. The van der Waals surface area contributed by atoms with Crippen LogP contribution in [0.15, 0.2) is 72.8 Å². The number of rotatable bonds is 6. The van der Waals surface area contributed by atoms with Crippen molar-refractivity contribution in [3.05, 3.63) is 78.4 Å². The first kappa shape index (κ1) is 16.5. The molecule has 0 spiro atoms. The molecule has 0 aliphatic carbocycles. The van der Waals surface area contributed by atoms with E-state index in [4.69, 9.17) is 4.74 Å². The molecule has 24 heavy (non-hydrogen) atoms. The van der Waals surface area contributed by atoms with Gasteiger partial charge in [-0.3, -0.25) is 0 Å². The van der Waals surface area contributed by atoms with E-state index in [1.807, 2.05) is 6.07 Å². The SMILES string of the molecule is CC(CC(Oc1ccc2ccccc2c1)c1ccccc1)N(C)C. The van der Waals surface area contributed by atoms with Crippen LogP contribution in [0, 0.1) is 0 Å². The third-order valence-electron chi connectivity index (χ3n) is 4.61. The maximum absolute atomic E-state index is 6.40. The Bertz CT molecular complexity index is 782. The van der Waals surface area contributed by atoms with Crippen LogP contribution in [0.3, 0.4) is 0 Å². The summed E-state index contributed by atoms with van der Waals surface area (Å²) >= 11 is 0. The molecule has 3 rings (SSSR count). The maximum Gasteiger partial charge on any atom is 0.125 e. The van der Waals surface area contributed by atoms with E-state index in [1.165, 1.54) is 16.3 Å². The van der Waals surface area contributed by atoms with Crippen molar-refractivity contribution in [2.24, 2.45) is 0 Å². The van der Waals surface area contributed by atoms with E-state index in [0.29, 0.717) is 6.04 Å². The molecule has 0 saturated heterocycles. The highest BCUT2D eigenvalue weighted by Crippen LogP contribution is 2.29. The lowest BCUT2D eigenvalue weighted by Gasteiger charge is -2.26. The number of nitrogens with zero attached hydrogens (tertiary/aromatic N) is 1. The third-order valence-corrected chi connectivity index (χ3v) is 4.61. The molecule has 0 aromatic heterocycles. The number of benzene rings is 3. The van der Waals surface area contributed by atoms with Gasteiger partial charge in [-0.1, -0.05) is 60.7 Å². The van der Waals surface area contributed by atoms with Gasteiger partial charge in [0.25, 0.3) is 0 Å². The summed E-state index contributed by atoms with van der Waals surface area (Å²) in [4.78, 5) is 2.24. The minimum absolute atomic E-state index is 0.0461. The fourth-order valence-electron chi connectivity index (χ4n) is 2.85. The van der Waals surface area contributed by atoms with E-state index >= 15 is 0 Å². The van der Waals surface area contributed by atoms with E-state index in [1.54, 1.807) is 0 Å². The van der Waals surface area contributed by atoms with Crippen molar-refractivity contribution in [2.75, 3.05) is 14.1 Å². The van der Waals surface area contributed by atoms with Crippen LogP contribution in [0.4, 0.5) is 0 Å². The van der Waals surface area contributed by atoms with E-state index in [2.05, 4.69) is 92.6 Å². The van der Waals surface area contributed by atoms with Crippen molar-refractivity contribution in [2.45, 2.75) is 25.5 Å². The predicted molar refractivity (Wildman–Crippen MR) is 102 cm³/mol. The van der Waals surface area contributed by atoms with Crippen molar-refractivity contribution in [1.29, 1.82) is 0 Å². The van der Waals surface area contributed by atoms with Crippen LogP contribution in [0.1, 0.15) is 25.0 Å². The largest absolute Gasteiger partial charge is 0.486 e. The first-order chi connectivity index (χ1) is 11.6. The highest BCUT2D eigenvalue weighted by molar-refractivity contribution is 5.83. The minimum atomic E-state index is 0.0461. The van der Waals surface area contributed by atoms with Crippen molar-refractivity contribution in [3.63, 3.8) is 0 Å². The molecule has 0 saturated carbocycles. The Labute approximate surface area is 144 Å². The van der Waals surface area contributed by atoms with Gasteiger partial charge in [-0.05, 0) is 49.5 Å². The van der Waals surface area contributed by atoms with Gasteiger partial charge in [-0.2, -0.15) is 0 Å². The van der Waals surface area contributed by atoms with Gasteiger partial charge in [-0.15, -0.1) is 0 Å². The van der Waals surface area contributed by atoms with E-state index in [9.17, 15) is 0 Å². The lowest BCUT2D eigenvalue weighted by atomic mass is 10.0. The topological polar surface area (TPSA) is 12.5 Å². The first-order valence-corrected chi connectivity index (χ1v) is 8.50. The van der Waals surface area contributed by atoms with Crippen LogP contribution in [0.2, 0.25) is 0 Å². The average molecular weight is 319 g/mol. The zero-order valence-electron chi connectivity index (χ0n) is 14.6. The summed E-state index contributed by atoms with van der Waals surface area (Å²) < 4.78 is 6.40. The Morgan fingerprint density at radius 1 is 0.833 bits per heavy atom. The van der Waals surface area contributed by atoms with Crippen molar-refractivity contribution in [1.82, 2.24) is 4.90 Å². The van der Waals surface area contributed by atoms with Crippen LogP contribution >= 0.6 is 0 Å². The van der Waals surface area contributed by atoms with Crippen molar-refractivity contribution in [3.8, 4) is 5.75 Å². The van der Waals surface area contributed by atoms with Gasteiger partial charge in [0.05, 0.1) is 0 Å². The standard InChI is InChI=1S/C22H25NO/c1-17(23(2)3)15-22(19-10-5-4-6-11-19)24-21-14-13-18-9-7-8-12-20(18)16-21/h4-14,16-17,22H,15H2,1-3H3. The van der Waals surface area contributed by atoms with Crippen LogP contribution in [-0.4, -0.2) is 25.0 Å². The van der Waals surface area contributed by atoms with E-state index in [0.717, 1.165) is 12.2 Å². The fraction of sp³-hybridized carbons (Fsp3) is 0.273. The summed E-state index contributed by atoms with van der Waals surface area (Å²) in [6.45, 7) is 2.24. The minimum Gasteiger partial charge on any atom is -0.486 e. The van der Waals surface area contributed by atoms with Crippen LogP contribution in [-0.2, 0) is 0 Å². The molecule has 0 bridgehead atoms. The predicted octanol–water partition coefficient (Wildman–Crippen LogP) is 5.30. The monoisotopic (exact) mass is 319 g/mol. The fourth-order valence-corrected chi connectivity index (χ4v) is 2.85. The quantitative estimate of drug-likeness (QED) is 0.611. The molecule has 0 amide bonds. The molecule has 124 valence electrons. The molecule has 2 unspecified atom stereocenters. The number of hydrogen-bond donors (Lipinski definition) is 0. The Balaban J connectivity index is 1.87. The molecule has 0 N–H and O–H groups in total. The van der Waals surface area contributed by atoms with Crippen LogP contribution < -0.4 is 4.74 Å². The summed E-state index contributed by atoms with van der Waals surface area (Å²) in [5.41, 5.74) is 1.22. The van der Waals surface area contributed by atoms with Crippen LogP contribution in [0.25, 0.3) is 10.8 Å². The Hall–Kier alpha value is -2.32. The van der Waals surface area contributed by atoms with Gasteiger partial charge in [0.1, 0.15) is 11.9 Å². The lowest BCUT2D eigenvalue weighted by Crippen LogP contribution is -2.28. The molecule has 0 heterocycles. The van der Waals surface area contributed by atoms with Crippen molar-refractivity contribution >= 4 is 10.8 Å². The molecule has 3 aromatic rings. The summed E-state index contributed by atoms with van der Waals surface area (Å²) in [5.74, 6) is 0.925. The smallest absolute Gasteiger partial charge is 0.125 e. The van der Waals surface area contributed by atoms with Gasteiger partial charge < -0.3 is 9.64 Å². The molecule has 0 fully saturated rings. The molecule has 2 nitrogen and oxygen atoms in total. The summed E-state index contributed by atoms with van der Waals surface area (Å²) in [7, 11) is 4.23. The van der Waals surface area contributed by atoms with Gasteiger partial charge in [0.15, 0.2) is 0 Å². The van der Waals surface area contributed by atoms with Gasteiger partial charge in [-0.25, -0.2) is 0 Å². The molecule has 0 aliphatic rings. The third kappa shape index (κ3) is 3.95. The zero-order chi connectivity index (χ0) is 16.9. The van der Waals surface area contributed by atoms with Gasteiger partial charge >= 0.3 is 0 Å².